The molecule has 2 heteroatoms. The van der Waals surface area contributed by atoms with E-state index in [9.17, 15) is 5.11 Å². The molecular weight excluding hydrogens is 234 g/mol. The average Bonchev–Trinajstić information content (AvgIpc) is 2.37. The third-order valence-electron chi connectivity index (χ3n) is 3.79. The first kappa shape index (κ1) is 16.5. The van der Waals surface area contributed by atoms with Crippen LogP contribution >= 0.6 is 0 Å². The van der Waals surface area contributed by atoms with Crippen LogP contribution in [0.5, 0.6) is 0 Å². The summed E-state index contributed by atoms with van der Waals surface area (Å²) >= 11 is 0. The second-order valence-electron chi connectivity index (χ2n) is 6.14. The Morgan fingerprint density at radius 1 is 1.21 bits per heavy atom. The van der Waals surface area contributed by atoms with Crippen LogP contribution in [0.25, 0.3) is 0 Å². The molecule has 2 N–H and O–H groups in total. The van der Waals surface area contributed by atoms with Gasteiger partial charge in [-0.15, -0.1) is 0 Å². The summed E-state index contributed by atoms with van der Waals surface area (Å²) in [4.78, 5) is 0. The molecule has 0 aliphatic heterocycles. The zero-order chi connectivity index (χ0) is 14.1. The van der Waals surface area contributed by atoms with Crippen molar-refractivity contribution < 1.29 is 5.11 Å². The fourth-order valence-corrected chi connectivity index (χ4v) is 2.65. The standard InChI is InChI=1S/C17H31NO/c1-14(2)8-7-9-15(3)12-17(19)13-18-16-10-5-4-6-11-16/h8,12,16-19H,4-7,9-11,13H2,1-3H3/b15-12+. The van der Waals surface area contributed by atoms with Crippen molar-refractivity contribution in [2.24, 2.45) is 0 Å². The normalized spacial score (nSPS) is 19.3. The monoisotopic (exact) mass is 265 g/mol. The molecule has 1 aliphatic carbocycles. The Balaban J connectivity index is 2.20. The molecule has 0 aromatic carbocycles. The number of hydrogen-bond acceptors (Lipinski definition) is 2. The molecule has 1 unspecified atom stereocenters. The van der Waals surface area contributed by atoms with Crippen LogP contribution in [0.2, 0.25) is 0 Å². The maximum atomic E-state index is 10.0. The molecule has 110 valence electrons. The molecule has 19 heavy (non-hydrogen) atoms. The lowest BCUT2D eigenvalue weighted by molar-refractivity contribution is 0.206. The fraction of sp³-hybridized carbons (Fsp3) is 0.765. The summed E-state index contributed by atoms with van der Waals surface area (Å²) in [6, 6.07) is 0.628. The van der Waals surface area contributed by atoms with Gasteiger partial charge in [-0.25, -0.2) is 0 Å². The van der Waals surface area contributed by atoms with Crippen molar-refractivity contribution in [2.45, 2.75) is 77.9 Å². The molecule has 0 spiro atoms. The smallest absolute Gasteiger partial charge is 0.0847 e. The van der Waals surface area contributed by atoms with Gasteiger partial charge in [0.2, 0.25) is 0 Å². The number of aliphatic hydroxyl groups is 1. The van der Waals surface area contributed by atoms with E-state index in [4.69, 9.17) is 0 Å². The first-order chi connectivity index (χ1) is 9.08. The van der Waals surface area contributed by atoms with Crippen LogP contribution in [0.1, 0.15) is 65.7 Å². The first-order valence-electron chi connectivity index (χ1n) is 7.80. The topological polar surface area (TPSA) is 32.3 Å². The highest BCUT2D eigenvalue weighted by Gasteiger charge is 2.13. The lowest BCUT2D eigenvalue weighted by Crippen LogP contribution is -2.36. The second kappa shape index (κ2) is 9.33. The highest BCUT2D eigenvalue weighted by molar-refractivity contribution is 5.05. The van der Waals surface area contributed by atoms with Crippen molar-refractivity contribution in [2.75, 3.05) is 6.54 Å². The predicted molar refractivity (Wildman–Crippen MR) is 83.3 cm³/mol. The lowest BCUT2D eigenvalue weighted by Gasteiger charge is -2.23. The molecule has 0 saturated heterocycles. The van der Waals surface area contributed by atoms with Crippen LogP contribution in [-0.2, 0) is 0 Å². The van der Waals surface area contributed by atoms with Gasteiger partial charge in [-0.3, -0.25) is 0 Å². The quantitative estimate of drug-likeness (QED) is 0.683. The van der Waals surface area contributed by atoms with E-state index in [1.54, 1.807) is 0 Å². The minimum atomic E-state index is -0.339. The third-order valence-corrected chi connectivity index (χ3v) is 3.79. The van der Waals surface area contributed by atoms with Crippen molar-refractivity contribution >= 4 is 0 Å². The molecule has 0 radical (unpaired) electrons. The van der Waals surface area contributed by atoms with Gasteiger partial charge in [-0.05, 0) is 46.5 Å². The number of aliphatic hydroxyl groups excluding tert-OH is 1. The maximum absolute atomic E-state index is 10.0. The zero-order valence-corrected chi connectivity index (χ0v) is 12.9. The molecule has 0 aromatic heterocycles. The Kier molecular flexibility index (Phi) is 8.08. The van der Waals surface area contributed by atoms with E-state index in [0.29, 0.717) is 12.6 Å². The molecule has 1 rings (SSSR count). The summed E-state index contributed by atoms with van der Waals surface area (Å²) in [6.07, 6.45) is 12.7. The Bertz CT molecular complexity index is 296. The molecule has 2 nitrogen and oxygen atoms in total. The SMILES string of the molecule is CC(C)=CCC/C(C)=C/C(O)CNC1CCCCC1. The van der Waals surface area contributed by atoms with Gasteiger partial charge in [0.1, 0.15) is 0 Å². The largest absolute Gasteiger partial charge is 0.388 e. The highest BCUT2D eigenvalue weighted by Crippen LogP contribution is 2.17. The fourth-order valence-electron chi connectivity index (χ4n) is 2.65. The van der Waals surface area contributed by atoms with Gasteiger partial charge in [0.25, 0.3) is 0 Å². The van der Waals surface area contributed by atoms with Gasteiger partial charge >= 0.3 is 0 Å². The lowest BCUT2D eigenvalue weighted by atomic mass is 9.95. The molecule has 1 aliphatic rings. The molecule has 0 bridgehead atoms. The van der Waals surface area contributed by atoms with E-state index in [1.807, 2.05) is 6.08 Å². The van der Waals surface area contributed by atoms with Crippen molar-refractivity contribution in [3.05, 3.63) is 23.3 Å². The average molecular weight is 265 g/mol. The summed E-state index contributed by atoms with van der Waals surface area (Å²) in [7, 11) is 0. The van der Waals surface area contributed by atoms with E-state index in [1.165, 1.54) is 43.3 Å². The van der Waals surface area contributed by atoms with Gasteiger partial charge in [-0.1, -0.05) is 42.6 Å². The van der Waals surface area contributed by atoms with Gasteiger partial charge in [0, 0.05) is 12.6 Å². The first-order valence-corrected chi connectivity index (χ1v) is 7.80. The van der Waals surface area contributed by atoms with Crippen LogP contribution in [0.4, 0.5) is 0 Å². The van der Waals surface area contributed by atoms with Gasteiger partial charge in [-0.2, -0.15) is 0 Å². The predicted octanol–water partition coefficient (Wildman–Crippen LogP) is 3.96. The summed E-state index contributed by atoms with van der Waals surface area (Å²) in [5.41, 5.74) is 2.66. The van der Waals surface area contributed by atoms with Crippen molar-refractivity contribution in [3.8, 4) is 0 Å². The van der Waals surface area contributed by atoms with Crippen LogP contribution < -0.4 is 5.32 Å². The summed E-state index contributed by atoms with van der Waals surface area (Å²) < 4.78 is 0. The number of nitrogens with one attached hydrogen (secondary N) is 1. The summed E-state index contributed by atoms with van der Waals surface area (Å²) in [5.74, 6) is 0. The van der Waals surface area contributed by atoms with E-state index in [2.05, 4.69) is 32.2 Å². The van der Waals surface area contributed by atoms with Crippen LogP contribution in [-0.4, -0.2) is 23.8 Å². The Morgan fingerprint density at radius 2 is 1.89 bits per heavy atom. The highest BCUT2D eigenvalue weighted by atomic mass is 16.3. The van der Waals surface area contributed by atoms with E-state index < -0.39 is 0 Å². The van der Waals surface area contributed by atoms with Crippen LogP contribution in [0, 0.1) is 0 Å². The van der Waals surface area contributed by atoms with Gasteiger partial charge in [0.15, 0.2) is 0 Å². The summed E-state index contributed by atoms with van der Waals surface area (Å²) in [6.45, 7) is 7.07. The van der Waals surface area contributed by atoms with E-state index in [-0.39, 0.29) is 6.10 Å². The molecule has 1 saturated carbocycles. The van der Waals surface area contributed by atoms with Gasteiger partial charge < -0.3 is 10.4 Å². The Hall–Kier alpha value is -0.600. The van der Waals surface area contributed by atoms with Gasteiger partial charge in [0.05, 0.1) is 6.10 Å². The minimum absolute atomic E-state index is 0.339. The number of allylic oxidation sites excluding steroid dienone is 3. The van der Waals surface area contributed by atoms with Crippen molar-refractivity contribution in [3.63, 3.8) is 0 Å². The van der Waals surface area contributed by atoms with E-state index >= 15 is 0 Å². The molecule has 0 heterocycles. The Labute approximate surface area is 119 Å². The van der Waals surface area contributed by atoms with Crippen LogP contribution in [0.3, 0.4) is 0 Å². The third kappa shape index (κ3) is 8.22. The number of rotatable bonds is 7. The van der Waals surface area contributed by atoms with Crippen molar-refractivity contribution in [1.29, 1.82) is 0 Å². The maximum Gasteiger partial charge on any atom is 0.0847 e. The molecule has 1 fully saturated rings. The second-order valence-corrected chi connectivity index (χ2v) is 6.14. The van der Waals surface area contributed by atoms with Crippen molar-refractivity contribution in [1.82, 2.24) is 5.32 Å². The van der Waals surface area contributed by atoms with Crippen LogP contribution in [0.15, 0.2) is 23.3 Å². The minimum Gasteiger partial charge on any atom is -0.388 e. The zero-order valence-electron chi connectivity index (χ0n) is 12.9. The summed E-state index contributed by atoms with van der Waals surface area (Å²) in [5, 5.41) is 13.5. The molecular formula is C17H31NO. The Morgan fingerprint density at radius 3 is 2.53 bits per heavy atom. The molecule has 0 aromatic rings. The van der Waals surface area contributed by atoms with E-state index in [0.717, 1.165) is 12.8 Å². The molecule has 0 amide bonds. The molecule has 1 atom stereocenters. The number of hydrogen-bond donors (Lipinski definition) is 2.